The average Bonchev–Trinajstić information content (AvgIpc) is 2.64. The van der Waals surface area contributed by atoms with Gasteiger partial charge in [-0.05, 0) is 52.7 Å². The molecule has 0 spiro atoms. The maximum atomic E-state index is 3.61. The zero-order valence-electron chi connectivity index (χ0n) is 11.4. The van der Waals surface area contributed by atoms with Crippen molar-refractivity contribution < 1.29 is 0 Å². The molecule has 0 aromatic carbocycles. The summed E-state index contributed by atoms with van der Waals surface area (Å²) in [6.45, 7) is 11.6. The first-order valence-electron chi connectivity index (χ1n) is 6.77. The molecule has 1 rings (SSSR count). The zero-order chi connectivity index (χ0) is 12.0. The van der Waals surface area contributed by atoms with Crippen molar-refractivity contribution >= 4 is 0 Å². The Morgan fingerprint density at radius 2 is 2.12 bits per heavy atom. The topological polar surface area (TPSA) is 27.3 Å². The van der Waals surface area contributed by atoms with Crippen LogP contribution < -0.4 is 10.6 Å². The summed E-state index contributed by atoms with van der Waals surface area (Å²) >= 11 is 0. The SMILES string of the molecule is CNCCN(CCC1NCCC1C)C(C)C. The number of nitrogens with one attached hydrogen (secondary N) is 2. The Hall–Kier alpha value is -0.120. The summed E-state index contributed by atoms with van der Waals surface area (Å²) in [6, 6.07) is 1.40. The van der Waals surface area contributed by atoms with Crippen molar-refractivity contribution in [3.05, 3.63) is 0 Å². The summed E-state index contributed by atoms with van der Waals surface area (Å²) in [6.07, 6.45) is 2.64. The van der Waals surface area contributed by atoms with Gasteiger partial charge in [0.05, 0.1) is 0 Å². The molecule has 0 amide bonds. The van der Waals surface area contributed by atoms with Crippen LogP contribution in [0.15, 0.2) is 0 Å². The number of hydrogen-bond acceptors (Lipinski definition) is 3. The smallest absolute Gasteiger partial charge is 0.0109 e. The molecule has 1 aliphatic rings. The molecule has 0 aromatic heterocycles. The van der Waals surface area contributed by atoms with Crippen molar-refractivity contribution in [1.29, 1.82) is 0 Å². The average molecular weight is 227 g/mol. The lowest BCUT2D eigenvalue weighted by molar-refractivity contribution is 0.208. The highest BCUT2D eigenvalue weighted by atomic mass is 15.2. The van der Waals surface area contributed by atoms with Crippen LogP contribution in [0.3, 0.4) is 0 Å². The van der Waals surface area contributed by atoms with Crippen LogP contribution in [0.1, 0.15) is 33.6 Å². The van der Waals surface area contributed by atoms with Gasteiger partial charge in [-0.3, -0.25) is 4.90 Å². The lowest BCUT2D eigenvalue weighted by Crippen LogP contribution is -2.39. The highest BCUT2D eigenvalue weighted by Crippen LogP contribution is 2.17. The van der Waals surface area contributed by atoms with E-state index >= 15 is 0 Å². The summed E-state index contributed by atoms with van der Waals surface area (Å²) in [7, 11) is 2.03. The molecule has 0 aromatic rings. The molecule has 16 heavy (non-hydrogen) atoms. The first-order chi connectivity index (χ1) is 7.65. The predicted molar refractivity (Wildman–Crippen MR) is 70.8 cm³/mol. The number of likely N-dealkylation sites (N-methyl/N-ethyl adjacent to an activating group) is 1. The molecular weight excluding hydrogens is 198 g/mol. The van der Waals surface area contributed by atoms with E-state index in [1.807, 2.05) is 7.05 Å². The van der Waals surface area contributed by atoms with Gasteiger partial charge in [-0.1, -0.05) is 6.92 Å². The van der Waals surface area contributed by atoms with E-state index in [-0.39, 0.29) is 0 Å². The van der Waals surface area contributed by atoms with Gasteiger partial charge in [0.2, 0.25) is 0 Å². The Balaban J connectivity index is 2.25. The maximum Gasteiger partial charge on any atom is 0.0109 e. The summed E-state index contributed by atoms with van der Waals surface area (Å²) in [5.41, 5.74) is 0. The Morgan fingerprint density at radius 3 is 2.62 bits per heavy atom. The van der Waals surface area contributed by atoms with Crippen molar-refractivity contribution in [3.8, 4) is 0 Å². The van der Waals surface area contributed by atoms with Crippen LogP contribution in [0.4, 0.5) is 0 Å². The fourth-order valence-electron chi connectivity index (χ4n) is 2.47. The van der Waals surface area contributed by atoms with Crippen LogP contribution in [-0.4, -0.2) is 50.2 Å². The number of rotatable bonds is 7. The van der Waals surface area contributed by atoms with E-state index in [1.54, 1.807) is 0 Å². The molecule has 2 N–H and O–H groups in total. The summed E-state index contributed by atoms with van der Waals surface area (Å²) in [4.78, 5) is 2.57. The molecule has 3 heteroatoms. The molecule has 2 unspecified atom stereocenters. The molecule has 2 atom stereocenters. The van der Waals surface area contributed by atoms with Crippen molar-refractivity contribution in [1.82, 2.24) is 15.5 Å². The van der Waals surface area contributed by atoms with Crippen LogP contribution in [0, 0.1) is 5.92 Å². The molecule has 0 radical (unpaired) electrons. The van der Waals surface area contributed by atoms with Gasteiger partial charge in [-0.25, -0.2) is 0 Å². The van der Waals surface area contributed by atoms with Gasteiger partial charge in [0.15, 0.2) is 0 Å². The number of hydrogen-bond donors (Lipinski definition) is 2. The molecule has 1 aliphatic heterocycles. The Kier molecular flexibility index (Phi) is 6.32. The van der Waals surface area contributed by atoms with Gasteiger partial charge in [0, 0.05) is 25.2 Å². The Morgan fingerprint density at radius 1 is 1.38 bits per heavy atom. The van der Waals surface area contributed by atoms with E-state index in [1.165, 1.54) is 25.9 Å². The van der Waals surface area contributed by atoms with E-state index < -0.39 is 0 Å². The zero-order valence-corrected chi connectivity index (χ0v) is 11.4. The van der Waals surface area contributed by atoms with Gasteiger partial charge in [-0.2, -0.15) is 0 Å². The van der Waals surface area contributed by atoms with Crippen LogP contribution in [-0.2, 0) is 0 Å². The Bertz CT molecular complexity index is 182. The van der Waals surface area contributed by atoms with Crippen LogP contribution in [0.25, 0.3) is 0 Å². The van der Waals surface area contributed by atoms with Crippen LogP contribution >= 0.6 is 0 Å². The van der Waals surface area contributed by atoms with Crippen molar-refractivity contribution in [2.75, 3.05) is 33.2 Å². The van der Waals surface area contributed by atoms with E-state index in [0.717, 1.165) is 25.0 Å². The molecular formula is C13H29N3. The van der Waals surface area contributed by atoms with Gasteiger partial charge >= 0.3 is 0 Å². The summed E-state index contributed by atoms with van der Waals surface area (Å²) in [5, 5.41) is 6.85. The summed E-state index contributed by atoms with van der Waals surface area (Å²) in [5.74, 6) is 0.860. The second kappa shape index (κ2) is 7.25. The third kappa shape index (κ3) is 4.40. The molecule has 0 bridgehead atoms. The maximum absolute atomic E-state index is 3.61. The molecule has 3 nitrogen and oxygen atoms in total. The standard InChI is InChI=1S/C13H29N3/c1-11(2)16(10-8-14-4)9-6-13-12(3)5-7-15-13/h11-15H,5-10H2,1-4H3. The van der Waals surface area contributed by atoms with E-state index in [9.17, 15) is 0 Å². The highest BCUT2D eigenvalue weighted by molar-refractivity contribution is 4.82. The third-order valence-electron chi connectivity index (χ3n) is 3.80. The van der Waals surface area contributed by atoms with Crippen LogP contribution in [0.5, 0.6) is 0 Å². The molecule has 0 saturated carbocycles. The van der Waals surface area contributed by atoms with Gasteiger partial charge in [-0.15, -0.1) is 0 Å². The van der Waals surface area contributed by atoms with Crippen LogP contribution in [0.2, 0.25) is 0 Å². The second-order valence-electron chi connectivity index (χ2n) is 5.35. The number of nitrogens with zero attached hydrogens (tertiary/aromatic N) is 1. The fourth-order valence-corrected chi connectivity index (χ4v) is 2.47. The lowest BCUT2D eigenvalue weighted by atomic mass is 10.0. The fraction of sp³-hybridized carbons (Fsp3) is 1.00. The van der Waals surface area contributed by atoms with Crippen molar-refractivity contribution in [3.63, 3.8) is 0 Å². The van der Waals surface area contributed by atoms with Gasteiger partial charge in [0.25, 0.3) is 0 Å². The first kappa shape index (κ1) is 13.9. The minimum atomic E-state index is 0.657. The van der Waals surface area contributed by atoms with Crippen molar-refractivity contribution in [2.45, 2.75) is 45.7 Å². The highest BCUT2D eigenvalue weighted by Gasteiger charge is 2.23. The summed E-state index contributed by atoms with van der Waals surface area (Å²) < 4.78 is 0. The first-order valence-corrected chi connectivity index (χ1v) is 6.77. The molecule has 1 fully saturated rings. The minimum absolute atomic E-state index is 0.657. The van der Waals surface area contributed by atoms with E-state index in [2.05, 4.69) is 36.3 Å². The second-order valence-corrected chi connectivity index (χ2v) is 5.35. The molecule has 0 aliphatic carbocycles. The molecule has 1 heterocycles. The van der Waals surface area contributed by atoms with E-state index in [0.29, 0.717) is 6.04 Å². The van der Waals surface area contributed by atoms with Crippen molar-refractivity contribution in [2.24, 2.45) is 5.92 Å². The quantitative estimate of drug-likeness (QED) is 0.686. The normalized spacial score (nSPS) is 25.9. The van der Waals surface area contributed by atoms with E-state index in [4.69, 9.17) is 0 Å². The predicted octanol–water partition coefficient (Wildman–Crippen LogP) is 1.30. The minimum Gasteiger partial charge on any atom is -0.318 e. The lowest BCUT2D eigenvalue weighted by Gasteiger charge is -2.28. The monoisotopic (exact) mass is 227 g/mol. The Labute approximate surface area is 101 Å². The van der Waals surface area contributed by atoms with Gasteiger partial charge < -0.3 is 10.6 Å². The largest absolute Gasteiger partial charge is 0.318 e. The molecule has 96 valence electrons. The molecule has 1 saturated heterocycles. The third-order valence-corrected chi connectivity index (χ3v) is 3.80. The van der Waals surface area contributed by atoms with Gasteiger partial charge in [0.1, 0.15) is 0 Å².